The number of rotatable bonds is 6. The zero-order valence-corrected chi connectivity index (χ0v) is 9.73. The van der Waals surface area contributed by atoms with E-state index in [4.69, 9.17) is 16.6 Å². The van der Waals surface area contributed by atoms with Crippen molar-refractivity contribution >= 4 is 17.2 Å². The molecule has 0 heterocycles. The Labute approximate surface area is 101 Å². The molecule has 0 aliphatic heterocycles. The van der Waals surface area contributed by atoms with Gasteiger partial charge in [0.15, 0.2) is 0 Å². The van der Waals surface area contributed by atoms with Crippen LogP contribution >= 0.6 is 0 Å². The van der Waals surface area contributed by atoms with Crippen LogP contribution in [-0.4, -0.2) is 17.6 Å². The molecule has 0 aliphatic carbocycles. The normalized spacial score (nSPS) is 11.5. The summed E-state index contributed by atoms with van der Waals surface area (Å²) in [4.78, 5) is 11.1. The molecule has 0 aromatic heterocycles. The minimum absolute atomic E-state index is 0.321. The molecule has 4 nitrogen and oxygen atoms in total. The van der Waals surface area contributed by atoms with Crippen molar-refractivity contribution in [1.29, 1.82) is 0 Å². The van der Waals surface area contributed by atoms with Crippen LogP contribution in [0.4, 0.5) is 5.69 Å². The van der Waals surface area contributed by atoms with Gasteiger partial charge in [-0.25, -0.2) is 4.79 Å². The number of nitrogens with two attached hydrogens (primary N) is 2. The predicted octanol–water partition coefficient (Wildman–Crippen LogP) is 1.87. The molecule has 4 heteroatoms. The Hall–Kier alpha value is -1.81. The maximum absolute atomic E-state index is 11.1. The fourth-order valence-corrected chi connectivity index (χ4v) is 1.53. The Bertz CT molecular complexity index is 396. The fraction of sp³-hybridized carbons (Fsp3) is 0.308. The maximum Gasteiger partial charge on any atom is 0.335 e. The first-order valence-corrected chi connectivity index (χ1v) is 5.64. The summed E-state index contributed by atoms with van der Waals surface area (Å²) in [6.07, 6.45) is 4.28. The van der Waals surface area contributed by atoms with E-state index >= 15 is 0 Å². The number of allylic oxidation sites excluding steroid dienone is 1. The Balaban J connectivity index is 2.78. The highest BCUT2D eigenvalue weighted by Crippen LogP contribution is 2.17. The van der Waals surface area contributed by atoms with Gasteiger partial charge in [0.05, 0.1) is 5.57 Å². The lowest BCUT2D eigenvalue weighted by Crippen LogP contribution is -2.01. The number of benzene rings is 1. The van der Waals surface area contributed by atoms with Crippen LogP contribution in [0.3, 0.4) is 0 Å². The number of hydrogen-bond acceptors (Lipinski definition) is 3. The Morgan fingerprint density at radius 3 is 2.41 bits per heavy atom. The summed E-state index contributed by atoms with van der Waals surface area (Å²) in [5.74, 6) is -0.914. The average molecular weight is 234 g/mol. The van der Waals surface area contributed by atoms with Crippen LogP contribution in [0.15, 0.2) is 30.3 Å². The molecule has 0 aliphatic rings. The van der Waals surface area contributed by atoms with Crippen molar-refractivity contribution in [3.63, 3.8) is 0 Å². The van der Waals surface area contributed by atoms with Gasteiger partial charge in [0.2, 0.25) is 0 Å². The van der Waals surface area contributed by atoms with Crippen molar-refractivity contribution in [3.05, 3.63) is 35.9 Å². The summed E-state index contributed by atoms with van der Waals surface area (Å²) < 4.78 is 0. The lowest BCUT2D eigenvalue weighted by molar-refractivity contribution is -0.130. The Kier molecular flexibility index (Phi) is 5.23. The third-order valence-electron chi connectivity index (χ3n) is 2.46. The Morgan fingerprint density at radius 2 is 1.88 bits per heavy atom. The molecule has 0 radical (unpaired) electrons. The summed E-state index contributed by atoms with van der Waals surface area (Å²) in [6.45, 7) is 0.637. The van der Waals surface area contributed by atoms with Gasteiger partial charge < -0.3 is 16.6 Å². The van der Waals surface area contributed by atoms with Crippen LogP contribution in [0.5, 0.6) is 0 Å². The van der Waals surface area contributed by atoms with E-state index in [9.17, 15) is 4.79 Å². The highest BCUT2D eigenvalue weighted by atomic mass is 16.4. The smallest absolute Gasteiger partial charge is 0.335 e. The third-order valence-corrected chi connectivity index (χ3v) is 2.46. The first kappa shape index (κ1) is 13.3. The Morgan fingerprint density at radius 1 is 1.24 bits per heavy atom. The highest BCUT2D eigenvalue weighted by molar-refractivity contribution is 6.15. The second kappa shape index (κ2) is 6.70. The molecule has 0 atom stereocenters. The van der Waals surface area contributed by atoms with Crippen molar-refractivity contribution in [1.82, 2.24) is 0 Å². The molecule has 92 valence electrons. The summed E-state index contributed by atoms with van der Waals surface area (Å²) in [7, 11) is 0. The van der Waals surface area contributed by atoms with Gasteiger partial charge in [0.1, 0.15) is 0 Å². The molecule has 1 aromatic rings. The largest absolute Gasteiger partial charge is 0.478 e. The van der Waals surface area contributed by atoms with E-state index < -0.39 is 5.97 Å². The van der Waals surface area contributed by atoms with E-state index in [0.29, 0.717) is 23.4 Å². The average Bonchev–Trinajstić information content (AvgIpc) is 2.30. The molecule has 17 heavy (non-hydrogen) atoms. The van der Waals surface area contributed by atoms with Crippen LogP contribution in [0.2, 0.25) is 0 Å². The zero-order chi connectivity index (χ0) is 12.7. The lowest BCUT2D eigenvalue weighted by Gasteiger charge is -2.03. The van der Waals surface area contributed by atoms with Crippen LogP contribution in [0.25, 0.3) is 5.57 Å². The number of aliphatic carboxylic acids is 1. The van der Waals surface area contributed by atoms with E-state index in [0.717, 1.165) is 19.3 Å². The van der Waals surface area contributed by atoms with Crippen LogP contribution in [-0.2, 0) is 4.79 Å². The zero-order valence-electron chi connectivity index (χ0n) is 9.73. The van der Waals surface area contributed by atoms with Gasteiger partial charge in [-0.05, 0) is 43.5 Å². The molecule has 0 saturated heterocycles. The number of carboxylic acid groups (broad SMARTS) is 1. The van der Waals surface area contributed by atoms with Gasteiger partial charge in [-0.1, -0.05) is 18.2 Å². The van der Waals surface area contributed by atoms with E-state index in [-0.39, 0.29) is 0 Å². The molecule has 0 unspecified atom stereocenters. The first-order valence-electron chi connectivity index (χ1n) is 5.64. The van der Waals surface area contributed by atoms with Crippen molar-refractivity contribution in [2.75, 3.05) is 12.3 Å². The van der Waals surface area contributed by atoms with E-state index in [1.165, 1.54) is 0 Å². The summed E-state index contributed by atoms with van der Waals surface area (Å²) >= 11 is 0. The summed E-state index contributed by atoms with van der Waals surface area (Å²) in [5.41, 5.74) is 12.6. The van der Waals surface area contributed by atoms with Gasteiger partial charge >= 0.3 is 5.97 Å². The summed E-state index contributed by atoms with van der Waals surface area (Å²) in [5, 5.41) is 9.13. The van der Waals surface area contributed by atoms with Gasteiger partial charge in [-0.3, -0.25) is 0 Å². The summed E-state index contributed by atoms with van der Waals surface area (Å²) in [6, 6.07) is 6.84. The molecule has 0 bridgehead atoms. The maximum atomic E-state index is 11.1. The molecule has 0 amide bonds. The molecule has 0 spiro atoms. The van der Waals surface area contributed by atoms with Crippen LogP contribution in [0, 0.1) is 0 Å². The fourth-order valence-electron chi connectivity index (χ4n) is 1.53. The standard InChI is InChI=1S/C13H18N2O2/c14-9-3-1-2-4-12(13(16)17)10-5-7-11(15)8-6-10/h4-8H,1-3,9,14-15H2,(H,16,17). The number of carbonyl (C=O) groups is 1. The van der Waals surface area contributed by atoms with E-state index in [1.807, 2.05) is 0 Å². The first-order chi connectivity index (χ1) is 8.15. The van der Waals surface area contributed by atoms with Gasteiger partial charge in [-0.15, -0.1) is 0 Å². The molecule has 1 rings (SSSR count). The second-order valence-electron chi connectivity index (χ2n) is 3.83. The third kappa shape index (κ3) is 4.28. The van der Waals surface area contributed by atoms with Gasteiger partial charge in [0, 0.05) is 5.69 Å². The van der Waals surface area contributed by atoms with Crippen molar-refractivity contribution in [2.24, 2.45) is 5.73 Å². The van der Waals surface area contributed by atoms with Crippen molar-refractivity contribution in [3.8, 4) is 0 Å². The number of unbranched alkanes of at least 4 members (excludes halogenated alkanes) is 2. The van der Waals surface area contributed by atoms with Crippen LogP contribution < -0.4 is 11.5 Å². The number of anilines is 1. The second-order valence-corrected chi connectivity index (χ2v) is 3.83. The minimum Gasteiger partial charge on any atom is -0.478 e. The van der Waals surface area contributed by atoms with E-state index in [1.54, 1.807) is 30.3 Å². The highest BCUT2D eigenvalue weighted by Gasteiger charge is 2.09. The molecule has 0 fully saturated rings. The monoisotopic (exact) mass is 234 g/mol. The topological polar surface area (TPSA) is 89.3 Å². The minimum atomic E-state index is -0.914. The van der Waals surface area contributed by atoms with Crippen molar-refractivity contribution in [2.45, 2.75) is 19.3 Å². The molecule has 0 saturated carbocycles. The number of carboxylic acids is 1. The van der Waals surface area contributed by atoms with Crippen LogP contribution in [0.1, 0.15) is 24.8 Å². The van der Waals surface area contributed by atoms with E-state index in [2.05, 4.69) is 0 Å². The molecular formula is C13H18N2O2. The molecular weight excluding hydrogens is 216 g/mol. The SMILES string of the molecule is NCCCCC=C(C(=O)O)c1ccc(N)cc1. The van der Waals surface area contributed by atoms with Crippen molar-refractivity contribution < 1.29 is 9.90 Å². The number of hydrogen-bond donors (Lipinski definition) is 3. The molecule has 1 aromatic carbocycles. The number of nitrogen functional groups attached to an aromatic ring is 1. The predicted molar refractivity (Wildman–Crippen MR) is 69.4 cm³/mol. The van der Waals surface area contributed by atoms with Gasteiger partial charge in [0.25, 0.3) is 0 Å². The quantitative estimate of drug-likeness (QED) is 0.398. The molecule has 5 N–H and O–H groups in total. The lowest BCUT2D eigenvalue weighted by atomic mass is 10.0. The van der Waals surface area contributed by atoms with Gasteiger partial charge in [-0.2, -0.15) is 0 Å².